The highest BCUT2D eigenvalue weighted by Gasteiger charge is 2.27. The molecule has 1 unspecified atom stereocenters. The molecule has 3 aromatic rings. The Morgan fingerprint density at radius 2 is 2.10 bits per heavy atom. The number of amides is 1. The van der Waals surface area contributed by atoms with Crippen molar-refractivity contribution in [3.05, 3.63) is 52.9 Å². The smallest absolute Gasteiger partial charge is 0.252 e. The third-order valence-electron chi connectivity index (χ3n) is 5.06. The van der Waals surface area contributed by atoms with Crippen molar-refractivity contribution in [3.63, 3.8) is 0 Å². The fourth-order valence-electron chi connectivity index (χ4n) is 3.53. The molecule has 8 nitrogen and oxygen atoms in total. The van der Waals surface area contributed by atoms with Crippen LogP contribution in [0.1, 0.15) is 40.9 Å². The Balaban J connectivity index is 1.73. The summed E-state index contributed by atoms with van der Waals surface area (Å²) in [6.07, 6.45) is 1.66. The van der Waals surface area contributed by atoms with E-state index in [0.717, 1.165) is 35.9 Å². The van der Waals surface area contributed by atoms with Gasteiger partial charge < -0.3 is 9.88 Å². The fourth-order valence-corrected chi connectivity index (χ4v) is 5.05. The molecule has 1 aliphatic heterocycles. The Morgan fingerprint density at radius 3 is 2.83 bits per heavy atom. The highest BCUT2D eigenvalue weighted by Crippen LogP contribution is 2.31. The molecular weight excluding hydrogens is 410 g/mol. The molecule has 1 atom stereocenters. The molecule has 0 spiro atoms. The number of sulfonamides is 1. The monoisotopic (exact) mass is 431 g/mol. The summed E-state index contributed by atoms with van der Waals surface area (Å²) in [7, 11) is -2.32. The lowest BCUT2D eigenvalue weighted by atomic mass is 10.0. The van der Waals surface area contributed by atoms with Crippen LogP contribution in [-0.2, 0) is 16.6 Å². The average Bonchev–Trinajstić information content (AvgIpc) is 3.38. The lowest BCUT2D eigenvalue weighted by Crippen LogP contribution is -2.33. The number of rotatable bonds is 5. The standard InChI is InChI=1S/C19H21N5O3S2/c1-12-22-23-18-16(5-3-9-24(12)18)21-19(25)15-11-13(29(26,27)20-2)7-8-14(15)17-6-4-10-28-17/h4,6-8,10-11,16,20H,3,5,9H2,1-2H3,(H,21,25). The number of hydrogen-bond acceptors (Lipinski definition) is 6. The fraction of sp³-hybridized carbons (Fsp3) is 0.316. The quantitative estimate of drug-likeness (QED) is 0.646. The molecule has 1 amide bonds. The lowest BCUT2D eigenvalue weighted by Gasteiger charge is -2.24. The summed E-state index contributed by atoms with van der Waals surface area (Å²) < 4.78 is 28.8. The van der Waals surface area contributed by atoms with E-state index in [1.54, 1.807) is 6.07 Å². The van der Waals surface area contributed by atoms with Crippen molar-refractivity contribution >= 4 is 27.3 Å². The SMILES string of the molecule is CNS(=O)(=O)c1ccc(-c2cccs2)c(C(=O)NC2CCCn3c(C)nnc32)c1. The van der Waals surface area contributed by atoms with E-state index in [4.69, 9.17) is 0 Å². The minimum Gasteiger partial charge on any atom is -0.342 e. The summed E-state index contributed by atoms with van der Waals surface area (Å²) in [6, 6.07) is 8.15. The van der Waals surface area contributed by atoms with Gasteiger partial charge in [0, 0.05) is 22.5 Å². The third kappa shape index (κ3) is 3.70. The van der Waals surface area contributed by atoms with Crippen LogP contribution in [-0.4, -0.2) is 36.1 Å². The average molecular weight is 432 g/mol. The van der Waals surface area contributed by atoms with E-state index < -0.39 is 10.0 Å². The van der Waals surface area contributed by atoms with E-state index in [2.05, 4.69) is 20.2 Å². The van der Waals surface area contributed by atoms with Crippen molar-refractivity contribution in [3.8, 4) is 10.4 Å². The molecule has 3 heterocycles. The van der Waals surface area contributed by atoms with Gasteiger partial charge in [0.1, 0.15) is 5.82 Å². The van der Waals surface area contributed by atoms with Crippen LogP contribution in [0.15, 0.2) is 40.6 Å². The molecule has 0 bridgehead atoms. The van der Waals surface area contributed by atoms with Crippen LogP contribution >= 0.6 is 11.3 Å². The summed E-state index contributed by atoms with van der Waals surface area (Å²) >= 11 is 1.49. The van der Waals surface area contributed by atoms with Gasteiger partial charge in [-0.15, -0.1) is 21.5 Å². The Hall–Kier alpha value is -2.56. The van der Waals surface area contributed by atoms with Crippen LogP contribution in [0.4, 0.5) is 0 Å². The van der Waals surface area contributed by atoms with Gasteiger partial charge in [0.05, 0.1) is 10.9 Å². The molecule has 29 heavy (non-hydrogen) atoms. The van der Waals surface area contributed by atoms with Crippen LogP contribution < -0.4 is 10.0 Å². The van der Waals surface area contributed by atoms with Gasteiger partial charge in [-0.2, -0.15) is 0 Å². The summed E-state index contributed by atoms with van der Waals surface area (Å²) in [6.45, 7) is 2.72. The first-order chi connectivity index (χ1) is 13.9. The summed E-state index contributed by atoms with van der Waals surface area (Å²) in [5, 5.41) is 13.3. The number of fused-ring (bicyclic) bond motifs is 1. The van der Waals surface area contributed by atoms with Gasteiger partial charge in [-0.3, -0.25) is 4.79 Å². The molecule has 152 valence electrons. The van der Waals surface area contributed by atoms with Crippen LogP contribution in [0.3, 0.4) is 0 Å². The molecule has 1 aromatic carbocycles. The number of nitrogens with one attached hydrogen (secondary N) is 2. The Morgan fingerprint density at radius 1 is 1.28 bits per heavy atom. The number of aromatic nitrogens is 3. The summed E-state index contributed by atoms with van der Waals surface area (Å²) in [5.74, 6) is 1.22. The molecule has 0 saturated carbocycles. The van der Waals surface area contributed by atoms with Crippen LogP contribution in [0.5, 0.6) is 0 Å². The molecule has 0 radical (unpaired) electrons. The molecule has 0 fully saturated rings. The van der Waals surface area contributed by atoms with E-state index >= 15 is 0 Å². The van der Waals surface area contributed by atoms with Crippen molar-refractivity contribution in [2.75, 3.05) is 7.05 Å². The van der Waals surface area contributed by atoms with E-state index in [1.165, 1.54) is 30.5 Å². The highest BCUT2D eigenvalue weighted by atomic mass is 32.2. The molecule has 0 aliphatic carbocycles. The number of nitrogens with zero attached hydrogens (tertiary/aromatic N) is 3. The first kappa shape index (κ1) is 19.7. The van der Waals surface area contributed by atoms with Gasteiger partial charge in [-0.25, -0.2) is 13.1 Å². The first-order valence-corrected chi connectivity index (χ1v) is 11.6. The number of thiophene rings is 1. The van der Waals surface area contributed by atoms with E-state index in [9.17, 15) is 13.2 Å². The zero-order valence-electron chi connectivity index (χ0n) is 16.0. The second-order valence-electron chi connectivity index (χ2n) is 6.82. The van der Waals surface area contributed by atoms with Crippen LogP contribution in [0.2, 0.25) is 0 Å². The van der Waals surface area contributed by atoms with E-state index in [0.29, 0.717) is 11.1 Å². The molecule has 0 saturated heterocycles. The second-order valence-corrected chi connectivity index (χ2v) is 9.65. The zero-order valence-corrected chi connectivity index (χ0v) is 17.7. The second kappa shape index (κ2) is 7.69. The number of aryl methyl sites for hydroxylation is 1. The van der Waals surface area contributed by atoms with Crippen molar-refractivity contribution in [2.24, 2.45) is 0 Å². The van der Waals surface area contributed by atoms with Crippen molar-refractivity contribution < 1.29 is 13.2 Å². The maximum Gasteiger partial charge on any atom is 0.252 e. The van der Waals surface area contributed by atoms with Gasteiger partial charge in [0.25, 0.3) is 5.91 Å². The number of carbonyl (C=O) groups excluding carboxylic acids is 1. The maximum atomic E-state index is 13.2. The van der Waals surface area contributed by atoms with E-state index in [-0.39, 0.29) is 16.8 Å². The molecule has 1 aliphatic rings. The summed E-state index contributed by atoms with van der Waals surface area (Å²) in [4.78, 5) is 14.2. The molecular formula is C19H21N5O3S2. The topological polar surface area (TPSA) is 106 Å². The molecule has 2 N–H and O–H groups in total. The minimum absolute atomic E-state index is 0.0492. The number of carbonyl (C=O) groups is 1. The molecule has 10 heteroatoms. The summed E-state index contributed by atoms with van der Waals surface area (Å²) in [5.41, 5.74) is 1.01. The number of hydrogen-bond donors (Lipinski definition) is 2. The van der Waals surface area contributed by atoms with E-state index in [1.807, 2.05) is 29.0 Å². The highest BCUT2D eigenvalue weighted by molar-refractivity contribution is 7.89. The normalized spacial score (nSPS) is 16.4. The first-order valence-electron chi connectivity index (χ1n) is 9.23. The Labute approximate surface area is 173 Å². The largest absolute Gasteiger partial charge is 0.342 e. The van der Waals surface area contributed by atoms with Crippen LogP contribution in [0.25, 0.3) is 10.4 Å². The molecule has 2 aromatic heterocycles. The van der Waals surface area contributed by atoms with Gasteiger partial charge in [0.2, 0.25) is 10.0 Å². The van der Waals surface area contributed by atoms with Crippen molar-refractivity contribution in [2.45, 2.75) is 37.2 Å². The van der Waals surface area contributed by atoms with Gasteiger partial charge in [-0.1, -0.05) is 12.1 Å². The van der Waals surface area contributed by atoms with Gasteiger partial charge in [-0.05, 0) is 50.4 Å². The lowest BCUT2D eigenvalue weighted by molar-refractivity contribution is 0.0928. The Kier molecular flexibility index (Phi) is 5.24. The third-order valence-corrected chi connectivity index (χ3v) is 7.37. The van der Waals surface area contributed by atoms with Gasteiger partial charge >= 0.3 is 0 Å². The molecule has 4 rings (SSSR count). The van der Waals surface area contributed by atoms with Gasteiger partial charge in [0.15, 0.2) is 5.82 Å². The maximum absolute atomic E-state index is 13.2. The van der Waals surface area contributed by atoms with Crippen molar-refractivity contribution in [1.82, 2.24) is 24.8 Å². The minimum atomic E-state index is -3.67. The van der Waals surface area contributed by atoms with Crippen molar-refractivity contribution in [1.29, 1.82) is 0 Å². The predicted molar refractivity (Wildman–Crippen MR) is 110 cm³/mol. The van der Waals surface area contributed by atoms with Crippen LogP contribution in [0, 0.1) is 6.92 Å². The Bertz CT molecular complexity index is 1150. The number of benzene rings is 1. The predicted octanol–water partition coefficient (Wildman–Crippen LogP) is 2.49. The zero-order chi connectivity index (χ0) is 20.6.